The highest BCUT2D eigenvalue weighted by Crippen LogP contribution is 2.40. The fourth-order valence-corrected chi connectivity index (χ4v) is 6.20. The third-order valence-corrected chi connectivity index (χ3v) is 8.33. The van der Waals surface area contributed by atoms with Crippen LogP contribution >= 0.6 is 0 Å². The summed E-state index contributed by atoms with van der Waals surface area (Å²) >= 11 is -0.829. The third-order valence-electron chi connectivity index (χ3n) is 6.84. The summed E-state index contributed by atoms with van der Waals surface area (Å²) in [6.45, 7) is 0.313. The molecule has 0 fully saturated rings. The van der Waals surface area contributed by atoms with E-state index in [0.29, 0.717) is 36.7 Å². The average molecular weight is 521 g/mol. The second-order valence-electron chi connectivity index (χ2n) is 9.59. The smallest absolute Gasteiger partial charge is 0.119 e. The fraction of sp³-hybridized carbons (Fsp3) is 0.375. The first kappa shape index (κ1) is 27.3. The van der Waals surface area contributed by atoms with E-state index in [1.165, 1.54) is 27.8 Å². The predicted octanol–water partition coefficient (Wildman–Crippen LogP) is 7.74. The number of aryl methyl sites for hydroxylation is 1. The highest BCUT2D eigenvalue weighted by Gasteiger charge is 2.20. The van der Waals surface area contributed by atoms with E-state index in [1.807, 2.05) is 30.3 Å². The summed E-state index contributed by atoms with van der Waals surface area (Å²) in [6, 6.07) is 24.7. The van der Waals surface area contributed by atoms with Gasteiger partial charge in [0.1, 0.15) is 23.0 Å². The molecule has 0 spiro atoms. The fourth-order valence-electron chi connectivity index (χ4n) is 4.94. The molecule has 1 N–H and O–H groups in total. The van der Waals surface area contributed by atoms with Crippen molar-refractivity contribution in [3.63, 3.8) is 0 Å². The minimum atomic E-state index is -0.829. The number of allylic oxidation sites excluding steroid dienone is 1. The van der Waals surface area contributed by atoms with Gasteiger partial charge in [-0.3, -0.25) is 4.39 Å². The zero-order valence-corrected chi connectivity index (χ0v) is 22.3. The van der Waals surface area contributed by atoms with E-state index < -0.39 is 11.2 Å². The summed E-state index contributed by atoms with van der Waals surface area (Å²) in [5.74, 6) is 2.47. The van der Waals surface area contributed by atoms with Crippen molar-refractivity contribution in [3.05, 3.63) is 95.1 Å². The molecule has 0 amide bonds. The Kier molecular flexibility index (Phi) is 10.5. The maximum Gasteiger partial charge on any atom is 0.119 e. The summed E-state index contributed by atoms with van der Waals surface area (Å²) in [5.41, 5.74) is 7.32. The van der Waals surface area contributed by atoms with Crippen molar-refractivity contribution >= 4 is 22.3 Å². The number of halogens is 1. The number of ether oxygens (including phenoxy) is 1. The Hall–Kier alpha value is -2.76. The molecule has 1 unspecified atom stereocenters. The zero-order chi connectivity index (χ0) is 25.9. The standard InChI is InChI=1S/C32H37FO3S/c33-20-5-8-23-37(35)22-7-2-6-21-36-29-17-14-26(15-18-29)32-30(25-10-3-1-4-11-25)13-9-12-27-24-28(34)16-19-31(27)32/h1,3-4,10-11,14-19,24,34H,2,5-9,12-13,20-23H2. The van der Waals surface area contributed by atoms with E-state index in [0.717, 1.165) is 49.8 Å². The van der Waals surface area contributed by atoms with Gasteiger partial charge in [-0.1, -0.05) is 59.7 Å². The SMILES string of the molecule is [O-][S+](CCCCF)CCCCCOc1ccc(C2=C(c3ccccc3)CCCc3cc(O)ccc32)cc1. The summed E-state index contributed by atoms with van der Waals surface area (Å²) in [6.07, 6.45) is 6.99. The maximum absolute atomic E-state index is 12.1. The Morgan fingerprint density at radius 2 is 1.57 bits per heavy atom. The van der Waals surface area contributed by atoms with E-state index in [4.69, 9.17) is 4.74 Å². The van der Waals surface area contributed by atoms with Gasteiger partial charge >= 0.3 is 0 Å². The van der Waals surface area contributed by atoms with Crippen molar-refractivity contribution in [2.75, 3.05) is 24.8 Å². The number of benzene rings is 3. The summed E-state index contributed by atoms with van der Waals surface area (Å²) in [5, 5.41) is 10.1. The minimum Gasteiger partial charge on any atom is -0.616 e. The second kappa shape index (κ2) is 14.3. The van der Waals surface area contributed by atoms with Gasteiger partial charge in [0.2, 0.25) is 0 Å². The van der Waals surface area contributed by atoms with E-state index >= 15 is 0 Å². The van der Waals surface area contributed by atoms with Crippen molar-refractivity contribution in [1.82, 2.24) is 0 Å². The lowest BCUT2D eigenvalue weighted by molar-refractivity contribution is 0.306. The van der Waals surface area contributed by atoms with Crippen LogP contribution in [0.15, 0.2) is 72.8 Å². The number of phenolic OH excluding ortho intramolecular Hbond substituents is 1. The predicted molar refractivity (Wildman–Crippen MR) is 152 cm³/mol. The monoisotopic (exact) mass is 520 g/mol. The molecular weight excluding hydrogens is 483 g/mol. The number of phenols is 1. The third kappa shape index (κ3) is 7.86. The molecule has 0 saturated carbocycles. The van der Waals surface area contributed by atoms with Crippen LogP contribution < -0.4 is 4.74 Å². The molecule has 5 heteroatoms. The second-order valence-corrected chi connectivity index (χ2v) is 11.3. The molecule has 1 aliphatic carbocycles. The molecule has 0 bridgehead atoms. The Labute approximate surface area is 223 Å². The molecule has 0 radical (unpaired) electrons. The van der Waals surface area contributed by atoms with Gasteiger partial charge in [-0.05, 0) is 109 Å². The normalized spacial score (nSPS) is 14.2. The number of alkyl halides is 1. The number of aromatic hydroxyl groups is 1. The van der Waals surface area contributed by atoms with Gasteiger partial charge < -0.3 is 14.4 Å². The Morgan fingerprint density at radius 3 is 2.32 bits per heavy atom. The van der Waals surface area contributed by atoms with Crippen LogP contribution in [-0.2, 0) is 17.6 Å². The van der Waals surface area contributed by atoms with Crippen LogP contribution in [0.25, 0.3) is 11.1 Å². The van der Waals surface area contributed by atoms with E-state index in [1.54, 1.807) is 6.07 Å². The highest BCUT2D eigenvalue weighted by molar-refractivity contribution is 7.91. The van der Waals surface area contributed by atoms with E-state index in [2.05, 4.69) is 36.4 Å². The van der Waals surface area contributed by atoms with Crippen LogP contribution in [0.3, 0.4) is 0 Å². The van der Waals surface area contributed by atoms with Crippen LogP contribution in [0.1, 0.15) is 67.2 Å². The number of unbranched alkanes of at least 4 members (excludes halogenated alkanes) is 3. The molecule has 37 heavy (non-hydrogen) atoms. The highest BCUT2D eigenvalue weighted by atomic mass is 32.2. The largest absolute Gasteiger partial charge is 0.616 e. The van der Waals surface area contributed by atoms with Gasteiger partial charge in [0.15, 0.2) is 0 Å². The Balaban J connectivity index is 1.41. The zero-order valence-electron chi connectivity index (χ0n) is 21.5. The molecule has 1 atom stereocenters. The van der Waals surface area contributed by atoms with Crippen molar-refractivity contribution in [2.24, 2.45) is 0 Å². The maximum atomic E-state index is 12.1. The van der Waals surface area contributed by atoms with Gasteiger partial charge in [0.25, 0.3) is 0 Å². The van der Waals surface area contributed by atoms with Gasteiger partial charge in [-0.2, -0.15) is 0 Å². The van der Waals surface area contributed by atoms with Crippen molar-refractivity contribution < 1.29 is 18.8 Å². The number of hydrogen-bond acceptors (Lipinski definition) is 3. The topological polar surface area (TPSA) is 52.5 Å². The molecular formula is C32H37FO3S. The molecule has 0 aliphatic heterocycles. The molecule has 4 rings (SSSR count). The van der Waals surface area contributed by atoms with Gasteiger partial charge in [-0.25, -0.2) is 0 Å². The number of fused-ring (bicyclic) bond motifs is 1. The summed E-state index contributed by atoms with van der Waals surface area (Å²) in [4.78, 5) is 0. The van der Waals surface area contributed by atoms with Crippen LogP contribution in [0, 0.1) is 0 Å². The van der Waals surface area contributed by atoms with Gasteiger partial charge in [-0.15, -0.1) is 0 Å². The summed E-state index contributed by atoms with van der Waals surface area (Å²) < 4.78 is 30.0. The molecule has 196 valence electrons. The van der Waals surface area contributed by atoms with Crippen molar-refractivity contribution in [2.45, 2.75) is 51.4 Å². The quantitative estimate of drug-likeness (QED) is 0.185. The van der Waals surface area contributed by atoms with Gasteiger partial charge in [0, 0.05) is 0 Å². The number of hydrogen-bond donors (Lipinski definition) is 1. The first-order valence-electron chi connectivity index (χ1n) is 13.4. The average Bonchev–Trinajstić information content (AvgIpc) is 3.11. The Morgan fingerprint density at radius 1 is 0.811 bits per heavy atom. The minimum absolute atomic E-state index is 0.313. The molecule has 3 aromatic carbocycles. The molecule has 0 aromatic heterocycles. The van der Waals surface area contributed by atoms with Crippen LogP contribution in [0.5, 0.6) is 11.5 Å². The molecule has 0 saturated heterocycles. The molecule has 0 heterocycles. The van der Waals surface area contributed by atoms with Crippen LogP contribution in [0.4, 0.5) is 4.39 Å². The summed E-state index contributed by atoms with van der Waals surface area (Å²) in [7, 11) is 0. The lowest BCUT2D eigenvalue weighted by Crippen LogP contribution is -2.11. The molecule has 3 nitrogen and oxygen atoms in total. The van der Waals surface area contributed by atoms with Gasteiger partial charge in [0.05, 0.1) is 13.3 Å². The first-order valence-corrected chi connectivity index (χ1v) is 14.9. The lowest BCUT2D eigenvalue weighted by Gasteiger charge is -2.17. The molecule has 3 aromatic rings. The van der Waals surface area contributed by atoms with Crippen LogP contribution in [0.2, 0.25) is 0 Å². The Bertz CT molecular complexity index is 1140. The van der Waals surface area contributed by atoms with Crippen molar-refractivity contribution in [3.8, 4) is 11.5 Å². The molecule has 1 aliphatic rings. The van der Waals surface area contributed by atoms with E-state index in [-0.39, 0.29) is 6.67 Å². The van der Waals surface area contributed by atoms with Crippen LogP contribution in [-0.4, -0.2) is 34.4 Å². The first-order chi connectivity index (χ1) is 18.2. The van der Waals surface area contributed by atoms with Crippen molar-refractivity contribution in [1.29, 1.82) is 0 Å². The van der Waals surface area contributed by atoms with E-state index in [9.17, 15) is 14.0 Å². The lowest BCUT2D eigenvalue weighted by atomic mass is 9.88. The number of rotatable bonds is 13.